The number of nitrogens with two attached hydrogens (primary N) is 1. The van der Waals surface area contributed by atoms with Gasteiger partial charge in [0.25, 0.3) is 0 Å². The minimum atomic E-state index is -0.538. The van der Waals surface area contributed by atoms with Crippen LogP contribution in [0.5, 0.6) is 0 Å². The molecular weight excluding hydrogens is 334 g/mol. The zero-order chi connectivity index (χ0) is 12.6. The molecule has 1 heterocycles. The first-order valence-corrected chi connectivity index (χ1v) is 6.13. The van der Waals surface area contributed by atoms with Crippen molar-refractivity contribution in [3.63, 3.8) is 0 Å². The van der Waals surface area contributed by atoms with Crippen LogP contribution >= 0.6 is 22.6 Å². The van der Waals surface area contributed by atoms with E-state index >= 15 is 0 Å². The quantitative estimate of drug-likeness (QED) is 0.849. The summed E-state index contributed by atoms with van der Waals surface area (Å²) in [5.41, 5.74) is 6.87. The largest absolute Gasteiger partial charge is 0.320 e. The number of hydrogen-bond donors (Lipinski definition) is 1. The van der Waals surface area contributed by atoms with Crippen LogP contribution < -0.4 is 5.73 Å². The molecule has 0 bridgehead atoms. The number of benzene rings is 1. The average Bonchev–Trinajstić information content (AvgIpc) is 2.65. The molecule has 0 aliphatic heterocycles. The van der Waals surface area contributed by atoms with E-state index in [-0.39, 0.29) is 5.82 Å². The van der Waals surface area contributed by atoms with Gasteiger partial charge in [-0.3, -0.25) is 0 Å². The highest BCUT2D eigenvalue weighted by Crippen LogP contribution is 2.20. The van der Waals surface area contributed by atoms with Crippen molar-refractivity contribution in [2.45, 2.75) is 19.4 Å². The lowest BCUT2D eigenvalue weighted by Gasteiger charge is -2.13. The normalized spacial score (nSPS) is 11.8. The summed E-state index contributed by atoms with van der Waals surface area (Å²) < 4.78 is 15.4. The minimum Gasteiger partial charge on any atom is -0.320 e. The molecule has 1 aromatic heterocycles. The van der Waals surface area contributed by atoms with Gasteiger partial charge >= 0.3 is 0 Å². The van der Waals surface area contributed by atoms with Gasteiger partial charge in [0.1, 0.15) is 11.5 Å². The molecule has 1 aromatic carbocycles. The lowest BCUT2D eigenvalue weighted by molar-refractivity contribution is 0.533. The fourth-order valence-electron chi connectivity index (χ4n) is 1.34. The van der Waals surface area contributed by atoms with Crippen LogP contribution in [0.1, 0.15) is 19.5 Å². The fraction of sp³-hybridized carbons (Fsp3) is 0.273. The highest BCUT2D eigenvalue weighted by atomic mass is 127. The van der Waals surface area contributed by atoms with Crippen LogP contribution in [0.3, 0.4) is 0 Å². The summed E-state index contributed by atoms with van der Waals surface area (Å²) in [5, 5.41) is 8.02. The molecule has 0 aliphatic rings. The second kappa shape index (κ2) is 4.34. The van der Waals surface area contributed by atoms with Crippen molar-refractivity contribution in [2.75, 3.05) is 0 Å². The molecule has 0 radical (unpaired) electrons. The summed E-state index contributed by atoms with van der Waals surface area (Å²) in [6.45, 7) is 3.72. The van der Waals surface area contributed by atoms with Crippen molar-refractivity contribution in [1.29, 1.82) is 0 Å². The van der Waals surface area contributed by atoms with E-state index in [1.807, 2.05) is 13.8 Å². The number of aromatic nitrogens is 3. The van der Waals surface area contributed by atoms with Crippen molar-refractivity contribution in [3.05, 3.63) is 39.5 Å². The Labute approximate surface area is 112 Å². The molecule has 0 spiro atoms. The lowest BCUT2D eigenvalue weighted by atomic mass is 10.0. The number of rotatable bonds is 2. The molecule has 17 heavy (non-hydrogen) atoms. The second-order valence-electron chi connectivity index (χ2n) is 4.37. The van der Waals surface area contributed by atoms with E-state index in [4.69, 9.17) is 5.73 Å². The predicted octanol–water partition coefficient (Wildman–Crippen LogP) is 2.20. The average molecular weight is 346 g/mol. The third-order valence-electron chi connectivity index (χ3n) is 2.31. The van der Waals surface area contributed by atoms with Crippen molar-refractivity contribution >= 4 is 22.6 Å². The summed E-state index contributed by atoms with van der Waals surface area (Å²) >= 11 is 2.06. The van der Waals surface area contributed by atoms with Gasteiger partial charge in [-0.15, -0.1) is 5.10 Å². The number of halogens is 2. The van der Waals surface area contributed by atoms with Crippen LogP contribution in [0.15, 0.2) is 24.4 Å². The summed E-state index contributed by atoms with van der Waals surface area (Å²) in [6.07, 6.45) is 1.76. The van der Waals surface area contributed by atoms with Gasteiger partial charge in [-0.2, -0.15) is 0 Å². The van der Waals surface area contributed by atoms with Crippen LogP contribution in [0.25, 0.3) is 5.69 Å². The smallest absolute Gasteiger partial charge is 0.124 e. The van der Waals surface area contributed by atoms with Gasteiger partial charge in [-0.05, 0) is 54.6 Å². The standard InChI is InChI=1S/C11H12FIN4/c1-11(2,14)10-6-17(16-15-10)9-4-3-7(12)5-8(9)13/h3-6H,14H2,1-2H3. The monoisotopic (exact) mass is 346 g/mol. The highest BCUT2D eigenvalue weighted by molar-refractivity contribution is 14.1. The number of hydrogen-bond acceptors (Lipinski definition) is 3. The predicted molar refractivity (Wildman–Crippen MR) is 71.2 cm³/mol. The van der Waals surface area contributed by atoms with Crippen molar-refractivity contribution < 1.29 is 4.39 Å². The molecule has 0 aliphatic carbocycles. The van der Waals surface area contributed by atoms with E-state index in [9.17, 15) is 4.39 Å². The van der Waals surface area contributed by atoms with E-state index in [1.165, 1.54) is 12.1 Å². The molecule has 0 amide bonds. The first kappa shape index (κ1) is 12.4. The number of nitrogens with zero attached hydrogens (tertiary/aromatic N) is 3. The maximum Gasteiger partial charge on any atom is 0.124 e. The van der Waals surface area contributed by atoms with Gasteiger partial charge < -0.3 is 5.73 Å². The second-order valence-corrected chi connectivity index (χ2v) is 5.53. The summed E-state index contributed by atoms with van der Waals surface area (Å²) in [4.78, 5) is 0. The molecule has 0 unspecified atom stereocenters. The third-order valence-corrected chi connectivity index (χ3v) is 3.17. The summed E-state index contributed by atoms with van der Waals surface area (Å²) in [7, 11) is 0. The Balaban J connectivity index is 2.44. The first-order chi connectivity index (χ1) is 7.88. The molecule has 90 valence electrons. The summed E-state index contributed by atoms with van der Waals surface area (Å²) in [5.74, 6) is -0.266. The van der Waals surface area contributed by atoms with Gasteiger partial charge in [-0.1, -0.05) is 5.21 Å². The zero-order valence-electron chi connectivity index (χ0n) is 9.48. The Bertz CT molecular complexity index is 545. The van der Waals surface area contributed by atoms with E-state index in [0.29, 0.717) is 5.69 Å². The van der Waals surface area contributed by atoms with Gasteiger partial charge in [0.2, 0.25) is 0 Å². The van der Waals surface area contributed by atoms with E-state index in [2.05, 4.69) is 32.9 Å². The van der Waals surface area contributed by atoms with E-state index in [0.717, 1.165) is 9.26 Å². The van der Waals surface area contributed by atoms with Gasteiger partial charge in [0.05, 0.1) is 17.4 Å². The fourth-order valence-corrected chi connectivity index (χ4v) is 2.07. The van der Waals surface area contributed by atoms with E-state index in [1.54, 1.807) is 16.9 Å². The van der Waals surface area contributed by atoms with Crippen LogP contribution in [0.4, 0.5) is 4.39 Å². The minimum absolute atomic E-state index is 0.266. The van der Waals surface area contributed by atoms with Crippen molar-refractivity contribution in [2.24, 2.45) is 5.73 Å². The lowest BCUT2D eigenvalue weighted by Crippen LogP contribution is -2.29. The van der Waals surface area contributed by atoms with Crippen molar-refractivity contribution in [3.8, 4) is 5.69 Å². The molecule has 4 nitrogen and oxygen atoms in total. The molecule has 2 aromatic rings. The Hall–Kier alpha value is -1.02. The Morgan fingerprint density at radius 3 is 2.65 bits per heavy atom. The highest BCUT2D eigenvalue weighted by Gasteiger charge is 2.19. The SMILES string of the molecule is CC(C)(N)c1cn(-c2ccc(F)cc2I)nn1. The van der Waals surface area contributed by atoms with E-state index < -0.39 is 5.54 Å². The maximum atomic E-state index is 13.0. The molecule has 6 heteroatoms. The van der Waals surface area contributed by atoms with Crippen molar-refractivity contribution in [1.82, 2.24) is 15.0 Å². The molecule has 0 saturated carbocycles. The Kier molecular flexibility index (Phi) is 3.17. The van der Waals surface area contributed by atoms with Gasteiger partial charge in [0.15, 0.2) is 0 Å². The van der Waals surface area contributed by atoms with Crippen LogP contribution in [-0.4, -0.2) is 15.0 Å². The molecule has 2 N–H and O–H groups in total. The van der Waals surface area contributed by atoms with Crippen LogP contribution in [0.2, 0.25) is 0 Å². The Morgan fingerprint density at radius 1 is 1.41 bits per heavy atom. The van der Waals surface area contributed by atoms with Gasteiger partial charge in [-0.25, -0.2) is 9.07 Å². The first-order valence-electron chi connectivity index (χ1n) is 5.05. The maximum absolute atomic E-state index is 13.0. The topological polar surface area (TPSA) is 56.7 Å². The zero-order valence-corrected chi connectivity index (χ0v) is 11.6. The van der Waals surface area contributed by atoms with Gasteiger partial charge in [0, 0.05) is 3.57 Å². The molecular formula is C11H12FIN4. The van der Waals surface area contributed by atoms with Crippen LogP contribution in [-0.2, 0) is 5.54 Å². The Morgan fingerprint density at radius 2 is 2.12 bits per heavy atom. The van der Waals surface area contributed by atoms with Crippen LogP contribution in [0, 0.1) is 9.39 Å². The summed E-state index contributed by atoms with van der Waals surface area (Å²) in [6, 6.07) is 4.51. The molecule has 0 atom stereocenters. The molecule has 0 fully saturated rings. The molecule has 2 rings (SSSR count). The molecule has 0 saturated heterocycles. The third kappa shape index (κ3) is 2.63.